The van der Waals surface area contributed by atoms with Crippen LogP contribution in [0.2, 0.25) is 10.0 Å². The minimum atomic E-state index is -0.900. The minimum Gasteiger partial charge on any atom is -0.495 e. The highest BCUT2D eigenvalue weighted by atomic mass is 35.5. The average molecular weight is 946 g/mol. The van der Waals surface area contributed by atoms with Crippen molar-refractivity contribution in [2.75, 3.05) is 37.4 Å². The van der Waals surface area contributed by atoms with Crippen molar-refractivity contribution in [1.82, 2.24) is 20.4 Å². The summed E-state index contributed by atoms with van der Waals surface area (Å²) in [4.78, 5) is 69.9. The molecule has 4 aromatic carbocycles. The molecule has 6 aliphatic rings. The van der Waals surface area contributed by atoms with E-state index in [-0.39, 0.29) is 70.8 Å². The summed E-state index contributed by atoms with van der Waals surface area (Å²) in [7, 11) is 1.49. The third-order valence-corrected chi connectivity index (χ3v) is 15.4. The summed E-state index contributed by atoms with van der Waals surface area (Å²) in [6, 6.07) is 19.2. The largest absolute Gasteiger partial charge is 0.495 e. The fourth-order valence-electron chi connectivity index (χ4n) is 11.5. The van der Waals surface area contributed by atoms with Crippen LogP contribution in [0.1, 0.15) is 102 Å². The zero-order valence-corrected chi connectivity index (χ0v) is 39.2. The fraction of sp³-hybridized carbons (Fsp3) is 0.404. The number of likely N-dealkylation sites (tertiary alicyclic amines) is 1. The lowest BCUT2D eigenvalue weighted by Crippen LogP contribution is -2.52. The van der Waals surface area contributed by atoms with Gasteiger partial charge in [0.15, 0.2) is 0 Å². The van der Waals surface area contributed by atoms with Crippen LogP contribution in [0.4, 0.5) is 15.8 Å². The number of rotatable bonds is 7. The van der Waals surface area contributed by atoms with Crippen molar-refractivity contribution in [2.45, 2.75) is 88.9 Å². The molecule has 5 amide bonds. The molecule has 12 nitrogen and oxygen atoms in total. The summed E-state index contributed by atoms with van der Waals surface area (Å²) in [5.41, 5.74) is 3.88. The first-order chi connectivity index (χ1) is 32.0. The highest BCUT2D eigenvalue weighted by Gasteiger charge is 2.62. The molecule has 15 heteroatoms. The number of fused-ring (bicyclic) bond motifs is 3. The zero-order valence-electron chi connectivity index (χ0n) is 37.7. The minimum absolute atomic E-state index is 0.0280. The van der Waals surface area contributed by atoms with Gasteiger partial charge in [-0.05, 0) is 96.3 Å². The topological polar surface area (TPSA) is 149 Å². The number of amides is 5. The monoisotopic (exact) mass is 944 g/mol. The second-order valence-electron chi connectivity index (χ2n) is 20.2. The number of hydrogen-bond acceptors (Lipinski definition) is 8. The van der Waals surface area contributed by atoms with Crippen LogP contribution in [-0.4, -0.2) is 84.2 Å². The summed E-state index contributed by atoms with van der Waals surface area (Å²) in [6.07, 6.45) is 2.79. The summed E-state index contributed by atoms with van der Waals surface area (Å²) < 4.78 is 22.1. The van der Waals surface area contributed by atoms with E-state index in [1.54, 1.807) is 42.5 Å². The molecule has 5 aliphatic heterocycles. The van der Waals surface area contributed by atoms with E-state index in [0.717, 1.165) is 35.2 Å². The number of hydrogen-bond donors (Lipinski definition) is 4. The number of anilines is 2. The SMILES string of the molecule is COc1cc(C(=O)N2CCC3(C[C@H]3C#Cc3cccc4c3CN([C@H]3CCC(=O)NC3=O)C4=O)C2)ccc1NC(=O)[C@@H]1N[C@@H](CC(C)(C)C)[C@@]2(CNc3cc(Cl)ccc32)[C@H]1c1cccc(Cl)c1F. The van der Waals surface area contributed by atoms with Crippen LogP contribution in [0.15, 0.2) is 72.8 Å². The van der Waals surface area contributed by atoms with Crippen molar-refractivity contribution >= 4 is 64.1 Å². The quantitative estimate of drug-likeness (QED) is 0.109. The van der Waals surface area contributed by atoms with E-state index in [1.807, 2.05) is 29.2 Å². The summed E-state index contributed by atoms with van der Waals surface area (Å²) in [5, 5.41) is 13.2. The van der Waals surface area contributed by atoms with E-state index in [0.29, 0.717) is 59.2 Å². The third kappa shape index (κ3) is 7.80. The lowest BCUT2D eigenvalue weighted by molar-refractivity contribution is -0.137. The van der Waals surface area contributed by atoms with E-state index >= 15 is 4.39 Å². The Balaban J connectivity index is 0.854. The molecular weight excluding hydrogens is 895 g/mol. The van der Waals surface area contributed by atoms with Gasteiger partial charge in [-0.2, -0.15) is 0 Å². The molecule has 0 radical (unpaired) electrons. The van der Waals surface area contributed by atoms with Crippen LogP contribution in [-0.2, 0) is 26.3 Å². The zero-order chi connectivity index (χ0) is 47.2. The molecule has 4 N–H and O–H groups in total. The predicted molar refractivity (Wildman–Crippen MR) is 253 cm³/mol. The van der Waals surface area contributed by atoms with E-state index < -0.39 is 35.1 Å². The van der Waals surface area contributed by atoms with Crippen LogP contribution in [0.3, 0.4) is 0 Å². The molecular formula is C52H51Cl2FN6O6. The van der Waals surface area contributed by atoms with Gasteiger partial charge in [-0.15, -0.1) is 0 Å². The maximum absolute atomic E-state index is 16.3. The number of ether oxygens (including phenoxy) is 1. The van der Waals surface area contributed by atoms with Gasteiger partial charge >= 0.3 is 0 Å². The third-order valence-electron chi connectivity index (χ3n) is 14.9. The Bertz CT molecular complexity index is 2860. The van der Waals surface area contributed by atoms with Crippen LogP contribution >= 0.6 is 23.2 Å². The molecule has 5 heterocycles. The van der Waals surface area contributed by atoms with Gasteiger partial charge in [0.25, 0.3) is 11.8 Å². The smallest absolute Gasteiger partial charge is 0.255 e. The van der Waals surface area contributed by atoms with Gasteiger partial charge in [0.05, 0.1) is 23.9 Å². The Hall–Kier alpha value is -5.94. The van der Waals surface area contributed by atoms with Crippen LogP contribution < -0.4 is 26.0 Å². The number of carbonyl (C=O) groups excluding carboxylic acids is 5. The number of benzene rings is 4. The van der Waals surface area contributed by atoms with Gasteiger partial charge in [-0.1, -0.05) is 80.1 Å². The molecule has 7 atom stereocenters. The van der Waals surface area contributed by atoms with Crippen molar-refractivity contribution in [2.24, 2.45) is 16.7 Å². The molecule has 1 unspecified atom stereocenters. The highest BCUT2D eigenvalue weighted by Crippen LogP contribution is 2.59. The fourth-order valence-corrected chi connectivity index (χ4v) is 11.9. The van der Waals surface area contributed by atoms with E-state index in [4.69, 9.17) is 27.9 Å². The molecule has 3 saturated heterocycles. The average Bonchev–Trinajstić information content (AvgIpc) is 3.65. The Labute approximate surface area is 398 Å². The molecule has 67 heavy (non-hydrogen) atoms. The maximum Gasteiger partial charge on any atom is 0.255 e. The maximum atomic E-state index is 16.3. The standard InChI is InChI=1S/C52H51Cl2FN6O6/c1-50(2,3)24-41-52(26-56-38-22-31(53)14-15-35(38)52)43(33-9-6-10-36(54)44(33)55)45(58-41)47(64)57-37-16-12-29(21-40(37)67-4)48(65)60-20-19-51(27-60)23-30(51)13-11-28-7-5-8-32-34(28)25-61(49(32)66)39-17-18-42(62)59-46(39)63/h5-10,12,14-16,21-22,30,39,41,43,45,56,58H,17-20,23-27H2,1-4H3,(H,57,64)(H,59,62,63)/t30-,39+,41+,43+,45-,51?,52+/m1/s1. The van der Waals surface area contributed by atoms with Crippen molar-refractivity contribution in [3.8, 4) is 17.6 Å². The Morgan fingerprint density at radius 3 is 2.61 bits per heavy atom. The first kappa shape index (κ1) is 44.9. The molecule has 0 bridgehead atoms. The second-order valence-corrected chi connectivity index (χ2v) is 21.0. The van der Waals surface area contributed by atoms with Crippen LogP contribution in [0.5, 0.6) is 5.75 Å². The summed E-state index contributed by atoms with van der Waals surface area (Å²) in [5.74, 6) is 4.31. The Morgan fingerprint density at radius 1 is 1.03 bits per heavy atom. The van der Waals surface area contributed by atoms with Crippen molar-refractivity contribution in [1.29, 1.82) is 0 Å². The molecule has 4 aromatic rings. The van der Waals surface area contributed by atoms with Crippen LogP contribution in [0, 0.1) is 34.4 Å². The summed E-state index contributed by atoms with van der Waals surface area (Å²) in [6.45, 7) is 8.22. The number of piperidine rings is 1. The van der Waals surface area contributed by atoms with Gasteiger partial charge in [0, 0.05) is 88.7 Å². The van der Waals surface area contributed by atoms with E-state index in [2.05, 4.69) is 53.9 Å². The highest BCUT2D eigenvalue weighted by molar-refractivity contribution is 6.31. The number of carbonyl (C=O) groups is 5. The first-order valence-corrected chi connectivity index (χ1v) is 23.6. The molecule has 0 aromatic heterocycles. The van der Waals surface area contributed by atoms with E-state index in [1.165, 1.54) is 18.1 Å². The molecule has 4 fully saturated rings. The number of imide groups is 1. The Kier molecular flexibility index (Phi) is 11.2. The Morgan fingerprint density at radius 2 is 1.84 bits per heavy atom. The molecule has 10 rings (SSSR count). The van der Waals surface area contributed by atoms with Crippen molar-refractivity contribution in [3.63, 3.8) is 0 Å². The molecule has 2 spiro atoms. The predicted octanol–water partition coefficient (Wildman–Crippen LogP) is 7.67. The van der Waals surface area contributed by atoms with Gasteiger partial charge in [-0.25, -0.2) is 4.39 Å². The number of nitrogens with one attached hydrogen (secondary N) is 4. The van der Waals surface area contributed by atoms with Gasteiger partial charge in [0.2, 0.25) is 17.7 Å². The molecule has 1 aliphatic carbocycles. The first-order valence-electron chi connectivity index (χ1n) is 22.8. The second kappa shape index (κ2) is 16.7. The van der Waals surface area contributed by atoms with Gasteiger partial charge in [0.1, 0.15) is 17.6 Å². The number of methoxy groups -OCH3 is 1. The van der Waals surface area contributed by atoms with Crippen molar-refractivity contribution in [3.05, 3.63) is 122 Å². The normalized spacial score (nSPS) is 27.1. The molecule has 1 saturated carbocycles. The lowest BCUT2D eigenvalue weighted by Gasteiger charge is -2.39. The van der Waals surface area contributed by atoms with Gasteiger partial charge < -0.3 is 30.5 Å². The molecule has 346 valence electrons. The number of halogens is 3. The number of nitrogens with zero attached hydrogens (tertiary/aromatic N) is 2. The summed E-state index contributed by atoms with van der Waals surface area (Å²) >= 11 is 12.9. The van der Waals surface area contributed by atoms with Crippen molar-refractivity contribution < 1.29 is 33.1 Å². The van der Waals surface area contributed by atoms with Crippen LogP contribution in [0.25, 0.3) is 0 Å². The lowest BCUT2D eigenvalue weighted by atomic mass is 9.63. The van der Waals surface area contributed by atoms with E-state index in [9.17, 15) is 24.0 Å². The van der Waals surface area contributed by atoms with Gasteiger partial charge in [-0.3, -0.25) is 29.3 Å².